The van der Waals surface area contributed by atoms with Crippen LogP contribution in [0.25, 0.3) is 0 Å². The van der Waals surface area contributed by atoms with Gasteiger partial charge in [0.2, 0.25) is 0 Å². The van der Waals surface area contributed by atoms with E-state index in [9.17, 15) is 5.11 Å². The molecule has 0 amide bonds. The van der Waals surface area contributed by atoms with Crippen molar-refractivity contribution in [1.82, 2.24) is 10.2 Å². The van der Waals surface area contributed by atoms with Crippen molar-refractivity contribution in [2.75, 3.05) is 44.8 Å². The van der Waals surface area contributed by atoms with E-state index in [4.69, 9.17) is 14.2 Å². The van der Waals surface area contributed by atoms with Crippen molar-refractivity contribution in [3.8, 4) is 5.75 Å². The zero-order chi connectivity index (χ0) is 21.2. The van der Waals surface area contributed by atoms with Gasteiger partial charge in [-0.3, -0.25) is 4.90 Å². The van der Waals surface area contributed by atoms with Gasteiger partial charge in [0.05, 0.1) is 37.6 Å². The summed E-state index contributed by atoms with van der Waals surface area (Å²) in [6.45, 7) is 4.61. The van der Waals surface area contributed by atoms with E-state index in [1.165, 1.54) is 5.56 Å². The minimum absolute atomic E-state index is 0.116. The summed E-state index contributed by atoms with van der Waals surface area (Å²) in [5.74, 6) is 0.893. The predicted molar refractivity (Wildman–Crippen MR) is 118 cm³/mol. The Hall–Kier alpha value is -2.16. The summed E-state index contributed by atoms with van der Waals surface area (Å²) in [5.41, 5.74) is 2.31. The number of methoxy groups -OCH3 is 1. The van der Waals surface area contributed by atoms with Crippen LogP contribution in [0.4, 0.5) is 5.69 Å². The lowest BCUT2D eigenvalue weighted by molar-refractivity contribution is -0.183. The van der Waals surface area contributed by atoms with Crippen LogP contribution in [-0.2, 0) is 16.0 Å². The number of hydrogen-bond acceptors (Lipinski definition) is 7. The lowest BCUT2D eigenvalue weighted by atomic mass is 9.94. The second-order valence-corrected chi connectivity index (χ2v) is 8.44. The van der Waals surface area contributed by atoms with Crippen molar-refractivity contribution in [1.29, 1.82) is 0 Å². The Balaban J connectivity index is 1.24. The van der Waals surface area contributed by atoms with Crippen LogP contribution in [0.1, 0.15) is 5.56 Å². The van der Waals surface area contributed by atoms with Gasteiger partial charge in [0.15, 0.2) is 6.29 Å². The molecule has 31 heavy (non-hydrogen) atoms. The number of hydrogen-bond donors (Lipinski definition) is 2. The van der Waals surface area contributed by atoms with Gasteiger partial charge in [0.1, 0.15) is 11.9 Å². The molecule has 2 aromatic carbocycles. The first-order chi connectivity index (χ1) is 15.2. The molecule has 0 radical (unpaired) electrons. The van der Waals surface area contributed by atoms with E-state index in [1.54, 1.807) is 7.11 Å². The molecule has 0 aromatic heterocycles. The molecule has 0 unspecified atom stereocenters. The van der Waals surface area contributed by atoms with Crippen LogP contribution in [0, 0.1) is 0 Å². The highest BCUT2D eigenvalue weighted by atomic mass is 16.7. The number of para-hydroxylation sites is 2. The minimum Gasteiger partial charge on any atom is -0.495 e. The lowest BCUT2D eigenvalue weighted by Gasteiger charge is -2.47. The second kappa shape index (κ2) is 9.14. The molecule has 2 N–H and O–H groups in total. The van der Waals surface area contributed by atoms with Gasteiger partial charge in [-0.25, -0.2) is 0 Å². The molecule has 3 aliphatic rings. The van der Waals surface area contributed by atoms with Gasteiger partial charge in [0.25, 0.3) is 0 Å². The molecule has 5 rings (SSSR count). The van der Waals surface area contributed by atoms with Gasteiger partial charge >= 0.3 is 0 Å². The molecular weight excluding hydrogens is 394 g/mol. The Morgan fingerprint density at radius 1 is 1.03 bits per heavy atom. The quantitative estimate of drug-likeness (QED) is 0.726. The molecule has 0 saturated carbocycles. The van der Waals surface area contributed by atoms with Crippen LogP contribution in [-0.4, -0.2) is 80.5 Å². The summed E-state index contributed by atoms with van der Waals surface area (Å²) in [7, 11) is 1.71. The number of rotatable bonds is 6. The molecular formula is C24H31N3O4. The van der Waals surface area contributed by atoms with Crippen molar-refractivity contribution in [2.24, 2.45) is 0 Å². The fourth-order valence-electron chi connectivity index (χ4n) is 5.03. The highest BCUT2D eigenvalue weighted by molar-refractivity contribution is 5.58. The van der Waals surface area contributed by atoms with E-state index < -0.39 is 6.10 Å². The van der Waals surface area contributed by atoms with Gasteiger partial charge in [-0.05, 0) is 17.7 Å². The number of fused-ring (bicyclic) bond motifs is 2. The maximum atomic E-state index is 11.3. The van der Waals surface area contributed by atoms with Crippen LogP contribution in [0.5, 0.6) is 5.75 Å². The van der Waals surface area contributed by atoms with Crippen LogP contribution >= 0.6 is 0 Å². The maximum absolute atomic E-state index is 11.3. The highest BCUT2D eigenvalue weighted by Gasteiger charge is 2.52. The third kappa shape index (κ3) is 4.16. The number of nitrogens with zero attached hydrogens (tertiary/aromatic N) is 2. The monoisotopic (exact) mass is 425 g/mol. The Labute approximate surface area is 183 Å². The predicted octanol–water partition coefficient (Wildman–Crippen LogP) is 1.46. The molecule has 3 saturated heterocycles. The molecule has 0 aliphatic carbocycles. The van der Waals surface area contributed by atoms with Crippen LogP contribution < -0.4 is 15.0 Å². The van der Waals surface area contributed by atoms with Crippen molar-refractivity contribution in [3.63, 3.8) is 0 Å². The number of aliphatic hydroxyl groups is 1. The maximum Gasteiger partial charge on any atom is 0.176 e. The number of ether oxygens (including phenoxy) is 3. The van der Waals surface area contributed by atoms with E-state index in [1.807, 2.05) is 36.4 Å². The van der Waals surface area contributed by atoms with Crippen molar-refractivity contribution < 1.29 is 19.3 Å². The molecule has 7 heteroatoms. The third-order valence-electron chi connectivity index (χ3n) is 6.68. The molecule has 5 atom stereocenters. The number of benzene rings is 2. The Morgan fingerprint density at radius 3 is 2.55 bits per heavy atom. The topological polar surface area (TPSA) is 66.4 Å². The molecule has 166 valence electrons. The van der Waals surface area contributed by atoms with Gasteiger partial charge in [0, 0.05) is 32.7 Å². The lowest BCUT2D eigenvalue weighted by Crippen LogP contribution is -2.66. The normalized spacial score (nSPS) is 31.0. The number of piperazine rings is 1. The largest absolute Gasteiger partial charge is 0.495 e. The highest BCUT2D eigenvalue weighted by Crippen LogP contribution is 2.33. The molecule has 7 nitrogen and oxygen atoms in total. The first-order valence-corrected chi connectivity index (χ1v) is 11.1. The van der Waals surface area contributed by atoms with Crippen molar-refractivity contribution >= 4 is 5.69 Å². The van der Waals surface area contributed by atoms with Crippen LogP contribution in [0.2, 0.25) is 0 Å². The van der Waals surface area contributed by atoms with Crippen molar-refractivity contribution in [2.45, 2.75) is 37.1 Å². The number of nitrogens with one attached hydrogen (secondary N) is 1. The van der Waals surface area contributed by atoms with Gasteiger partial charge in [-0.15, -0.1) is 0 Å². The van der Waals surface area contributed by atoms with Gasteiger partial charge < -0.3 is 29.5 Å². The molecule has 3 fully saturated rings. The zero-order valence-corrected chi connectivity index (χ0v) is 17.9. The SMILES string of the molecule is COc1ccccc1N1CCN([C@H]2[C@@H]3OC[C@@H](O3)[C@@H](NCc3ccccc3)[C@@H]2O)CC1. The molecule has 3 aliphatic heterocycles. The second-order valence-electron chi connectivity index (χ2n) is 8.44. The number of anilines is 1. The van der Waals surface area contributed by atoms with Gasteiger partial charge in [-0.1, -0.05) is 42.5 Å². The van der Waals surface area contributed by atoms with E-state index in [-0.39, 0.29) is 24.5 Å². The first-order valence-electron chi connectivity index (χ1n) is 11.1. The van der Waals surface area contributed by atoms with Gasteiger partial charge in [-0.2, -0.15) is 0 Å². The molecule has 0 spiro atoms. The minimum atomic E-state index is -0.548. The third-order valence-corrected chi connectivity index (χ3v) is 6.68. The smallest absolute Gasteiger partial charge is 0.176 e. The average Bonchev–Trinajstić information content (AvgIpc) is 3.25. The van der Waals surface area contributed by atoms with Crippen LogP contribution in [0.15, 0.2) is 54.6 Å². The van der Waals surface area contributed by atoms with Crippen LogP contribution in [0.3, 0.4) is 0 Å². The van der Waals surface area contributed by atoms with E-state index in [0.29, 0.717) is 13.2 Å². The summed E-state index contributed by atoms with van der Waals surface area (Å²) in [5, 5.41) is 14.8. The van der Waals surface area contributed by atoms with E-state index in [0.717, 1.165) is 37.6 Å². The Kier molecular flexibility index (Phi) is 6.11. The summed E-state index contributed by atoms with van der Waals surface area (Å²) in [6.07, 6.45) is -1.03. The fraction of sp³-hybridized carbons (Fsp3) is 0.500. The number of aliphatic hydroxyl groups excluding tert-OH is 1. The van der Waals surface area contributed by atoms with E-state index in [2.05, 4.69) is 33.3 Å². The first kappa shape index (κ1) is 20.7. The summed E-state index contributed by atoms with van der Waals surface area (Å²) in [6, 6.07) is 18.0. The fourth-order valence-corrected chi connectivity index (χ4v) is 5.03. The molecule has 2 aromatic rings. The summed E-state index contributed by atoms with van der Waals surface area (Å²) < 4.78 is 17.6. The standard InChI is InChI=1S/C24H31N3O4/c1-29-19-10-6-5-9-18(19)26-11-13-27(14-12-26)22-23(28)21(20-16-30-24(22)31-20)25-15-17-7-3-2-4-8-17/h2-10,20-25,28H,11-16H2,1H3/t20-,21-,22-,23+,24-/m1/s1. The van der Waals surface area contributed by atoms with E-state index >= 15 is 0 Å². The Morgan fingerprint density at radius 2 is 1.77 bits per heavy atom. The molecule has 2 bridgehead atoms. The average molecular weight is 426 g/mol. The van der Waals surface area contributed by atoms with Crippen molar-refractivity contribution in [3.05, 3.63) is 60.2 Å². The zero-order valence-electron chi connectivity index (χ0n) is 17.9. The molecule has 3 heterocycles. The Bertz CT molecular complexity index is 859. The summed E-state index contributed by atoms with van der Waals surface area (Å²) >= 11 is 0. The summed E-state index contributed by atoms with van der Waals surface area (Å²) in [4.78, 5) is 4.66.